The summed E-state index contributed by atoms with van der Waals surface area (Å²) < 4.78 is 18.6. The molecule has 2 fully saturated rings. The van der Waals surface area contributed by atoms with Crippen molar-refractivity contribution in [1.29, 1.82) is 0 Å². The van der Waals surface area contributed by atoms with E-state index in [9.17, 15) is 0 Å². The lowest BCUT2D eigenvalue weighted by Crippen LogP contribution is -2.39. The first kappa shape index (κ1) is 13.1. The Hall–Kier alpha value is -0.600. The van der Waals surface area contributed by atoms with E-state index >= 15 is 0 Å². The predicted octanol–water partition coefficient (Wildman–Crippen LogP) is 1.83. The second-order valence-corrected chi connectivity index (χ2v) is 6.70. The number of hydrogen-bond acceptors (Lipinski definition) is 5. The summed E-state index contributed by atoms with van der Waals surface area (Å²) in [6.07, 6.45) is 4.42. The van der Waals surface area contributed by atoms with Gasteiger partial charge in [-0.1, -0.05) is 0 Å². The molecule has 0 aliphatic carbocycles. The normalized spacial score (nSPS) is 31.9. The van der Waals surface area contributed by atoms with E-state index in [4.69, 9.17) is 14.2 Å². The lowest BCUT2D eigenvalue weighted by Gasteiger charge is -2.32. The van der Waals surface area contributed by atoms with Crippen molar-refractivity contribution in [1.82, 2.24) is 4.98 Å². The Morgan fingerprint density at radius 3 is 3.15 bits per heavy atom. The van der Waals surface area contributed by atoms with Crippen molar-refractivity contribution in [2.75, 3.05) is 31.3 Å². The zero-order valence-electron chi connectivity index (χ0n) is 11.1. The van der Waals surface area contributed by atoms with Crippen LogP contribution in [0.2, 0.25) is 0 Å². The van der Waals surface area contributed by atoms with Crippen molar-refractivity contribution in [3.63, 3.8) is 0 Å². The Bertz CT molecular complexity index is 507. The molecule has 3 aliphatic heterocycles. The molecule has 3 aliphatic rings. The zero-order chi connectivity index (χ0) is 13.5. The minimum atomic E-state index is 0.265. The fraction of sp³-hybridized carbons (Fsp3) is 0.643. The highest BCUT2D eigenvalue weighted by Crippen LogP contribution is 2.39. The van der Waals surface area contributed by atoms with Gasteiger partial charge in [0.1, 0.15) is 6.61 Å². The summed E-state index contributed by atoms with van der Waals surface area (Å²) >= 11 is 2.30. The lowest BCUT2D eigenvalue weighted by molar-refractivity contribution is -0.00631. The topological polar surface area (TPSA) is 43.8 Å². The van der Waals surface area contributed by atoms with Crippen LogP contribution in [0, 0.1) is 3.57 Å². The number of rotatable bonds is 2. The Balaban J connectivity index is 1.51. The van der Waals surface area contributed by atoms with E-state index in [0.717, 1.165) is 54.3 Å². The van der Waals surface area contributed by atoms with Crippen molar-refractivity contribution in [2.45, 2.75) is 31.1 Å². The molecule has 108 valence electrons. The maximum absolute atomic E-state index is 6.16. The molecular formula is C14H17IN2O3. The summed E-state index contributed by atoms with van der Waals surface area (Å²) in [6.45, 7) is 3.21. The Labute approximate surface area is 131 Å². The van der Waals surface area contributed by atoms with Crippen LogP contribution in [0.5, 0.6) is 5.75 Å². The van der Waals surface area contributed by atoms with E-state index in [-0.39, 0.29) is 12.2 Å². The first-order valence-electron chi connectivity index (χ1n) is 7.08. The molecule has 6 heteroatoms. The van der Waals surface area contributed by atoms with Crippen LogP contribution in [0.15, 0.2) is 12.3 Å². The minimum absolute atomic E-state index is 0.265. The molecule has 1 unspecified atom stereocenters. The van der Waals surface area contributed by atoms with E-state index in [2.05, 4.69) is 32.5 Å². The summed E-state index contributed by atoms with van der Waals surface area (Å²) in [6, 6.07) is 2.38. The predicted molar refractivity (Wildman–Crippen MR) is 82.3 cm³/mol. The molecule has 5 nitrogen and oxygen atoms in total. The van der Waals surface area contributed by atoms with E-state index in [1.54, 1.807) is 0 Å². The molecule has 20 heavy (non-hydrogen) atoms. The van der Waals surface area contributed by atoms with E-state index in [0.29, 0.717) is 6.04 Å². The van der Waals surface area contributed by atoms with Crippen molar-refractivity contribution in [3.05, 3.63) is 15.8 Å². The van der Waals surface area contributed by atoms with Crippen molar-refractivity contribution in [2.24, 2.45) is 0 Å². The summed E-state index contributed by atoms with van der Waals surface area (Å²) in [5.74, 6) is 1.90. The van der Waals surface area contributed by atoms with Crippen LogP contribution in [-0.4, -0.2) is 49.6 Å². The van der Waals surface area contributed by atoms with Crippen LogP contribution in [0.1, 0.15) is 12.8 Å². The number of nitrogens with zero attached hydrogens (tertiary/aromatic N) is 2. The fourth-order valence-electron chi connectivity index (χ4n) is 3.21. The van der Waals surface area contributed by atoms with Crippen molar-refractivity contribution in [3.8, 4) is 5.75 Å². The third kappa shape index (κ3) is 2.27. The van der Waals surface area contributed by atoms with Crippen molar-refractivity contribution >= 4 is 28.4 Å². The number of aromatic nitrogens is 1. The average molecular weight is 388 g/mol. The minimum Gasteiger partial charge on any atom is -0.486 e. The first-order valence-corrected chi connectivity index (χ1v) is 8.16. The number of fused-ring (bicyclic) bond motifs is 3. The summed E-state index contributed by atoms with van der Waals surface area (Å²) in [4.78, 5) is 6.85. The quantitative estimate of drug-likeness (QED) is 0.724. The lowest BCUT2D eigenvalue weighted by atomic mass is 10.2. The molecule has 1 aromatic rings. The largest absolute Gasteiger partial charge is 0.486 e. The SMILES string of the molecule is Ic1ccnc2c1OC[C@@H]1C[C@H](OC3CCOC3)CN21. The molecule has 1 aromatic heterocycles. The highest BCUT2D eigenvalue weighted by molar-refractivity contribution is 14.1. The van der Waals surface area contributed by atoms with Crippen molar-refractivity contribution < 1.29 is 14.2 Å². The first-order chi connectivity index (χ1) is 9.81. The van der Waals surface area contributed by atoms with Crippen LogP contribution in [0.4, 0.5) is 5.82 Å². The number of ether oxygens (including phenoxy) is 3. The Kier molecular flexibility index (Phi) is 3.47. The maximum atomic E-state index is 6.16. The van der Waals surface area contributed by atoms with Gasteiger partial charge in [0.05, 0.1) is 28.4 Å². The van der Waals surface area contributed by atoms with Crippen LogP contribution < -0.4 is 9.64 Å². The average Bonchev–Trinajstić information content (AvgIpc) is 3.08. The molecule has 4 heterocycles. The maximum Gasteiger partial charge on any atom is 0.175 e. The summed E-state index contributed by atoms with van der Waals surface area (Å²) in [7, 11) is 0. The van der Waals surface area contributed by atoms with Gasteiger partial charge in [-0.05, 0) is 41.5 Å². The molecular weight excluding hydrogens is 371 g/mol. The van der Waals surface area contributed by atoms with Gasteiger partial charge < -0.3 is 19.1 Å². The number of hydrogen-bond donors (Lipinski definition) is 0. The molecule has 0 bridgehead atoms. The van der Waals surface area contributed by atoms with Gasteiger partial charge in [-0.2, -0.15) is 0 Å². The van der Waals surface area contributed by atoms with E-state index in [1.165, 1.54) is 0 Å². The molecule has 0 amide bonds. The standard InChI is InChI=1S/C14H17IN2O3/c15-12-1-3-16-14-13(12)19-7-9-5-11(6-17(9)14)20-10-2-4-18-8-10/h1,3,9-11H,2,4-8H2/t9-,10?,11-/m0/s1. The van der Waals surface area contributed by atoms with Gasteiger partial charge in [0, 0.05) is 19.3 Å². The van der Waals surface area contributed by atoms with E-state index < -0.39 is 0 Å². The molecule has 0 saturated carbocycles. The number of halogens is 1. The van der Waals surface area contributed by atoms with Gasteiger partial charge in [-0.25, -0.2) is 4.98 Å². The molecule has 3 atom stereocenters. The summed E-state index contributed by atoms with van der Waals surface area (Å²) in [5.41, 5.74) is 0. The van der Waals surface area contributed by atoms with Gasteiger partial charge in [0.25, 0.3) is 0 Å². The summed E-state index contributed by atoms with van der Waals surface area (Å²) in [5, 5.41) is 0. The van der Waals surface area contributed by atoms with Gasteiger partial charge in [-0.3, -0.25) is 0 Å². The number of anilines is 1. The third-order valence-electron chi connectivity index (χ3n) is 4.18. The van der Waals surface area contributed by atoms with Crippen LogP contribution in [0.25, 0.3) is 0 Å². The van der Waals surface area contributed by atoms with Crippen LogP contribution >= 0.6 is 22.6 Å². The second kappa shape index (κ2) is 5.31. The molecule has 4 rings (SSSR count). The van der Waals surface area contributed by atoms with Crippen LogP contribution in [0.3, 0.4) is 0 Å². The molecule has 0 spiro atoms. The zero-order valence-corrected chi connectivity index (χ0v) is 13.3. The Morgan fingerprint density at radius 2 is 2.30 bits per heavy atom. The Morgan fingerprint density at radius 1 is 1.35 bits per heavy atom. The highest BCUT2D eigenvalue weighted by Gasteiger charge is 2.40. The third-order valence-corrected chi connectivity index (χ3v) is 5.03. The monoisotopic (exact) mass is 388 g/mol. The van der Waals surface area contributed by atoms with Gasteiger partial charge in [0.2, 0.25) is 0 Å². The fourth-order valence-corrected chi connectivity index (χ4v) is 3.77. The van der Waals surface area contributed by atoms with Gasteiger partial charge in [-0.15, -0.1) is 0 Å². The highest BCUT2D eigenvalue weighted by atomic mass is 127. The van der Waals surface area contributed by atoms with Crippen LogP contribution in [-0.2, 0) is 9.47 Å². The smallest absolute Gasteiger partial charge is 0.175 e. The van der Waals surface area contributed by atoms with E-state index in [1.807, 2.05) is 12.3 Å². The molecule has 2 saturated heterocycles. The second-order valence-electron chi connectivity index (χ2n) is 5.54. The van der Waals surface area contributed by atoms with Gasteiger partial charge >= 0.3 is 0 Å². The number of pyridine rings is 1. The molecule has 0 aromatic carbocycles. The molecule has 0 radical (unpaired) electrons. The van der Waals surface area contributed by atoms with Gasteiger partial charge in [0.15, 0.2) is 11.6 Å². The molecule has 0 N–H and O–H groups in total.